The van der Waals surface area contributed by atoms with Crippen molar-refractivity contribution in [3.63, 3.8) is 0 Å². The van der Waals surface area contributed by atoms with E-state index in [1.165, 1.54) is 35.6 Å². The number of sulfonamides is 1. The number of aromatic nitrogens is 1. The summed E-state index contributed by atoms with van der Waals surface area (Å²) in [5.74, 6) is -0.257. The number of halogens is 2. The molecule has 3 aromatic carbocycles. The predicted octanol–water partition coefficient (Wildman–Crippen LogP) is 5.50. The van der Waals surface area contributed by atoms with Gasteiger partial charge < -0.3 is 9.64 Å². The molecule has 0 bridgehead atoms. The van der Waals surface area contributed by atoms with Crippen LogP contribution in [0.2, 0.25) is 5.02 Å². The third-order valence-electron chi connectivity index (χ3n) is 5.64. The second-order valence-electron chi connectivity index (χ2n) is 8.67. The van der Waals surface area contributed by atoms with Gasteiger partial charge in [0, 0.05) is 17.8 Å². The van der Waals surface area contributed by atoms with Gasteiger partial charge in [0.25, 0.3) is 15.9 Å². The van der Waals surface area contributed by atoms with E-state index in [9.17, 15) is 17.6 Å². The molecule has 1 aromatic heterocycles. The van der Waals surface area contributed by atoms with E-state index >= 15 is 0 Å². The van der Waals surface area contributed by atoms with Crippen molar-refractivity contribution >= 4 is 59.9 Å². The van der Waals surface area contributed by atoms with Crippen molar-refractivity contribution in [3.8, 4) is 5.75 Å². The van der Waals surface area contributed by atoms with Crippen molar-refractivity contribution in [3.05, 3.63) is 77.1 Å². The Morgan fingerprint density at radius 3 is 2.37 bits per heavy atom. The topological polar surface area (TPSA) is 91.8 Å². The second kappa shape index (κ2) is 11.6. The number of amides is 1. The molecule has 0 fully saturated rings. The molecule has 1 heterocycles. The molecular formula is C26H26ClFN4O4S2. The minimum absolute atomic E-state index is 0.0731. The molecule has 38 heavy (non-hydrogen) atoms. The van der Waals surface area contributed by atoms with Crippen molar-refractivity contribution in [2.24, 2.45) is 0 Å². The third kappa shape index (κ3) is 6.24. The molecule has 200 valence electrons. The van der Waals surface area contributed by atoms with Gasteiger partial charge in [0.05, 0.1) is 21.7 Å². The Labute approximate surface area is 229 Å². The molecular weight excluding hydrogens is 551 g/mol. The fourth-order valence-corrected chi connectivity index (χ4v) is 6.05. The fourth-order valence-electron chi connectivity index (χ4n) is 3.71. The lowest BCUT2D eigenvalue weighted by atomic mass is 10.2. The van der Waals surface area contributed by atoms with Crippen molar-refractivity contribution in [2.45, 2.75) is 11.3 Å². The van der Waals surface area contributed by atoms with Crippen molar-refractivity contribution < 1.29 is 22.3 Å². The van der Waals surface area contributed by atoms with Crippen LogP contribution in [-0.4, -0.2) is 58.5 Å². The van der Waals surface area contributed by atoms with Gasteiger partial charge in [-0.05, 0) is 87.7 Å². The molecule has 0 aliphatic rings. The number of thiazole rings is 1. The molecule has 0 aliphatic carbocycles. The van der Waals surface area contributed by atoms with Crippen LogP contribution in [-0.2, 0) is 10.0 Å². The predicted molar refractivity (Wildman–Crippen MR) is 150 cm³/mol. The summed E-state index contributed by atoms with van der Waals surface area (Å²) in [5, 5.41) is 0.999. The average molecular weight is 577 g/mol. The highest BCUT2D eigenvalue weighted by Gasteiger charge is 2.23. The summed E-state index contributed by atoms with van der Waals surface area (Å²) in [4.78, 5) is 21.9. The number of fused-ring (bicyclic) bond motifs is 1. The van der Waals surface area contributed by atoms with Crippen LogP contribution in [0.4, 0.5) is 15.2 Å². The summed E-state index contributed by atoms with van der Waals surface area (Å²) in [5.41, 5.74) is 1.20. The molecule has 8 nitrogen and oxygen atoms in total. The molecule has 0 aliphatic heterocycles. The van der Waals surface area contributed by atoms with Crippen molar-refractivity contribution in [2.75, 3.05) is 43.9 Å². The summed E-state index contributed by atoms with van der Waals surface area (Å²) in [6, 6.07) is 14.1. The minimum Gasteiger partial charge on any atom is -0.494 e. The van der Waals surface area contributed by atoms with E-state index in [1.807, 2.05) is 19.0 Å². The number of hydrogen-bond acceptors (Lipinski definition) is 7. The van der Waals surface area contributed by atoms with Crippen LogP contribution in [0.15, 0.2) is 65.6 Å². The number of nitrogens with one attached hydrogen (secondary N) is 1. The van der Waals surface area contributed by atoms with E-state index in [4.69, 9.17) is 16.3 Å². The van der Waals surface area contributed by atoms with Crippen LogP contribution >= 0.6 is 22.9 Å². The van der Waals surface area contributed by atoms with Crippen molar-refractivity contribution in [1.29, 1.82) is 0 Å². The number of methoxy groups -OCH3 is 1. The van der Waals surface area contributed by atoms with E-state index in [0.717, 1.165) is 23.4 Å². The summed E-state index contributed by atoms with van der Waals surface area (Å²) in [6.07, 6.45) is 0.703. The molecule has 0 saturated carbocycles. The molecule has 0 saturated heterocycles. The standard InChI is InChI=1S/C26H26ClFN4O4S2/c1-31(2)15-4-16-32(26-29-23-22(36-3)14-13-21(27)24(23)37-26)25(33)17-5-9-19(10-6-17)30-38(34,35)20-11-7-18(28)8-12-20/h5-14,30H,4,15-16H2,1-3H3. The monoisotopic (exact) mass is 576 g/mol. The second-order valence-corrected chi connectivity index (χ2v) is 11.7. The number of anilines is 2. The van der Waals surface area contributed by atoms with Crippen LogP contribution in [0.1, 0.15) is 16.8 Å². The zero-order valence-electron chi connectivity index (χ0n) is 20.9. The van der Waals surface area contributed by atoms with E-state index in [-0.39, 0.29) is 16.5 Å². The molecule has 1 amide bonds. The highest BCUT2D eigenvalue weighted by molar-refractivity contribution is 7.92. The largest absolute Gasteiger partial charge is 0.494 e. The molecule has 0 unspecified atom stereocenters. The first-order valence-corrected chi connectivity index (χ1v) is 14.2. The van der Waals surface area contributed by atoms with Crippen LogP contribution in [0.3, 0.4) is 0 Å². The van der Waals surface area contributed by atoms with E-state index in [0.29, 0.717) is 39.9 Å². The van der Waals surface area contributed by atoms with Gasteiger partial charge >= 0.3 is 0 Å². The van der Waals surface area contributed by atoms with Crippen LogP contribution in [0, 0.1) is 5.82 Å². The SMILES string of the molecule is COc1ccc(Cl)c2sc(N(CCCN(C)C)C(=O)c3ccc(NS(=O)(=O)c4ccc(F)cc4)cc3)nc12. The smallest absolute Gasteiger partial charge is 0.261 e. The number of carbonyl (C=O) groups excluding carboxylic acids is 1. The lowest BCUT2D eigenvalue weighted by molar-refractivity contribution is 0.0986. The molecule has 1 N–H and O–H groups in total. The summed E-state index contributed by atoms with van der Waals surface area (Å²) in [6.45, 7) is 1.18. The Bertz CT molecular complexity index is 1540. The number of rotatable bonds is 10. The van der Waals surface area contributed by atoms with Crippen LogP contribution in [0.25, 0.3) is 10.2 Å². The molecule has 4 rings (SSSR count). The van der Waals surface area contributed by atoms with Crippen molar-refractivity contribution in [1.82, 2.24) is 9.88 Å². The number of ether oxygens (including phenoxy) is 1. The molecule has 0 atom stereocenters. The quantitative estimate of drug-likeness (QED) is 0.268. The highest BCUT2D eigenvalue weighted by Crippen LogP contribution is 2.39. The van der Waals surface area contributed by atoms with E-state index < -0.39 is 15.8 Å². The number of carbonyl (C=O) groups is 1. The van der Waals surface area contributed by atoms with Gasteiger partial charge in [0.15, 0.2) is 5.13 Å². The molecule has 0 spiro atoms. The zero-order valence-corrected chi connectivity index (χ0v) is 23.3. The maximum atomic E-state index is 13.6. The van der Waals surface area contributed by atoms with Gasteiger partial charge in [-0.2, -0.15) is 0 Å². The van der Waals surface area contributed by atoms with Crippen LogP contribution < -0.4 is 14.4 Å². The Morgan fingerprint density at radius 2 is 1.74 bits per heavy atom. The van der Waals surface area contributed by atoms with Gasteiger partial charge in [0.1, 0.15) is 17.1 Å². The number of hydrogen-bond donors (Lipinski definition) is 1. The van der Waals surface area contributed by atoms with Gasteiger partial charge in [0.2, 0.25) is 0 Å². The minimum atomic E-state index is -3.92. The lowest BCUT2D eigenvalue weighted by Gasteiger charge is -2.21. The lowest BCUT2D eigenvalue weighted by Crippen LogP contribution is -2.33. The molecule has 4 aromatic rings. The normalized spacial score (nSPS) is 11.6. The van der Waals surface area contributed by atoms with Crippen LogP contribution in [0.5, 0.6) is 5.75 Å². The Hall–Kier alpha value is -3.25. The Balaban J connectivity index is 1.61. The van der Waals surface area contributed by atoms with E-state index in [1.54, 1.807) is 36.3 Å². The maximum Gasteiger partial charge on any atom is 0.261 e. The molecule has 0 radical (unpaired) electrons. The zero-order chi connectivity index (χ0) is 27.4. The fraction of sp³-hybridized carbons (Fsp3) is 0.231. The summed E-state index contributed by atoms with van der Waals surface area (Å²) in [7, 11) is 1.55. The first-order chi connectivity index (χ1) is 18.1. The number of nitrogens with zero attached hydrogens (tertiary/aromatic N) is 3. The first-order valence-electron chi connectivity index (χ1n) is 11.6. The van der Waals surface area contributed by atoms with Gasteiger partial charge in [-0.15, -0.1) is 0 Å². The van der Waals surface area contributed by atoms with Gasteiger partial charge in [-0.25, -0.2) is 17.8 Å². The number of benzene rings is 3. The van der Waals surface area contributed by atoms with Gasteiger partial charge in [-0.3, -0.25) is 14.4 Å². The third-order valence-corrected chi connectivity index (χ3v) is 8.57. The average Bonchev–Trinajstić information content (AvgIpc) is 3.33. The Kier molecular flexibility index (Phi) is 8.51. The molecule has 12 heteroatoms. The highest BCUT2D eigenvalue weighted by atomic mass is 35.5. The van der Waals surface area contributed by atoms with E-state index in [2.05, 4.69) is 9.71 Å². The maximum absolute atomic E-state index is 13.6. The Morgan fingerprint density at radius 1 is 1.05 bits per heavy atom. The summed E-state index contributed by atoms with van der Waals surface area (Å²) >= 11 is 7.70. The first kappa shape index (κ1) is 27.8. The van der Waals surface area contributed by atoms with Gasteiger partial charge in [-0.1, -0.05) is 22.9 Å². The summed E-state index contributed by atoms with van der Waals surface area (Å²) < 4.78 is 47.0.